The highest BCUT2D eigenvalue weighted by Crippen LogP contribution is 2.22. The SMILES string of the molecule is Cc1nn(C)c(C)c1C(=O)c1ccsc1C. The topological polar surface area (TPSA) is 34.9 Å². The Morgan fingerprint density at radius 3 is 2.50 bits per heavy atom. The van der Waals surface area contributed by atoms with Gasteiger partial charge in [0.25, 0.3) is 0 Å². The Hall–Kier alpha value is -1.42. The van der Waals surface area contributed by atoms with Crippen molar-refractivity contribution in [2.24, 2.45) is 7.05 Å². The lowest BCUT2D eigenvalue weighted by molar-refractivity contribution is 0.103. The molecular weight excluding hydrogens is 220 g/mol. The van der Waals surface area contributed by atoms with Crippen LogP contribution < -0.4 is 0 Å². The van der Waals surface area contributed by atoms with Crippen molar-refractivity contribution in [3.8, 4) is 0 Å². The van der Waals surface area contributed by atoms with Crippen molar-refractivity contribution in [2.45, 2.75) is 20.8 Å². The summed E-state index contributed by atoms with van der Waals surface area (Å²) in [5.74, 6) is 0.0850. The van der Waals surface area contributed by atoms with Gasteiger partial charge < -0.3 is 0 Å². The second kappa shape index (κ2) is 3.87. The smallest absolute Gasteiger partial charge is 0.197 e. The Morgan fingerprint density at radius 1 is 1.38 bits per heavy atom. The minimum atomic E-state index is 0.0850. The quantitative estimate of drug-likeness (QED) is 0.749. The van der Waals surface area contributed by atoms with Crippen LogP contribution in [0, 0.1) is 20.8 Å². The molecule has 3 nitrogen and oxygen atoms in total. The van der Waals surface area contributed by atoms with E-state index in [0.717, 1.165) is 27.4 Å². The van der Waals surface area contributed by atoms with Crippen LogP contribution in [0.2, 0.25) is 0 Å². The van der Waals surface area contributed by atoms with Gasteiger partial charge in [-0.05, 0) is 32.2 Å². The molecule has 2 heterocycles. The molecule has 0 aliphatic rings. The summed E-state index contributed by atoms with van der Waals surface area (Å²) in [6.07, 6.45) is 0. The number of rotatable bonds is 2. The number of carbonyl (C=O) groups excluding carboxylic acids is 1. The number of aryl methyl sites for hydroxylation is 3. The van der Waals surface area contributed by atoms with Gasteiger partial charge in [0.1, 0.15) is 0 Å². The van der Waals surface area contributed by atoms with E-state index in [1.807, 2.05) is 39.3 Å². The Kier molecular flexibility index (Phi) is 2.68. The summed E-state index contributed by atoms with van der Waals surface area (Å²) in [5.41, 5.74) is 3.26. The number of thiophene rings is 1. The maximum atomic E-state index is 12.3. The van der Waals surface area contributed by atoms with Crippen molar-refractivity contribution in [3.05, 3.63) is 38.8 Å². The highest BCUT2D eigenvalue weighted by atomic mass is 32.1. The van der Waals surface area contributed by atoms with Gasteiger partial charge in [0, 0.05) is 23.2 Å². The molecule has 0 saturated heterocycles. The molecule has 2 aromatic heterocycles. The minimum Gasteiger partial charge on any atom is -0.288 e. The Balaban J connectivity index is 2.54. The lowest BCUT2D eigenvalue weighted by Gasteiger charge is -2.00. The molecule has 0 N–H and O–H groups in total. The third-order valence-corrected chi connectivity index (χ3v) is 3.69. The van der Waals surface area contributed by atoms with Gasteiger partial charge in [-0.3, -0.25) is 9.48 Å². The molecule has 2 aromatic rings. The molecule has 0 aromatic carbocycles. The summed E-state index contributed by atoms with van der Waals surface area (Å²) in [6, 6.07) is 1.88. The third-order valence-electron chi connectivity index (χ3n) is 2.84. The van der Waals surface area contributed by atoms with E-state index in [-0.39, 0.29) is 5.78 Å². The Morgan fingerprint density at radius 2 is 2.06 bits per heavy atom. The van der Waals surface area contributed by atoms with Gasteiger partial charge in [-0.1, -0.05) is 0 Å². The highest BCUT2D eigenvalue weighted by Gasteiger charge is 2.20. The molecule has 0 saturated carbocycles. The molecule has 4 heteroatoms. The summed E-state index contributed by atoms with van der Waals surface area (Å²) in [4.78, 5) is 13.4. The van der Waals surface area contributed by atoms with Crippen molar-refractivity contribution in [2.75, 3.05) is 0 Å². The lowest BCUT2D eigenvalue weighted by atomic mass is 10.0. The van der Waals surface area contributed by atoms with Gasteiger partial charge in [-0.15, -0.1) is 11.3 Å². The van der Waals surface area contributed by atoms with Gasteiger partial charge in [0.15, 0.2) is 5.78 Å². The van der Waals surface area contributed by atoms with Crippen LogP contribution in [-0.2, 0) is 7.05 Å². The molecule has 0 aliphatic heterocycles. The second-order valence-electron chi connectivity index (χ2n) is 3.89. The number of aromatic nitrogens is 2. The summed E-state index contributed by atoms with van der Waals surface area (Å²) in [6.45, 7) is 5.77. The molecule has 84 valence electrons. The van der Waals surface area contributed by atoms with Crippen LogP contribution in [0.3, 0.4) is 0 Å². The van der Waals surface area contributed by atoms with E-state index in [1.54, 1.807) is 16.0 Å². The zero-order chi connectivity index (χ0) is 11.9. The summed E-state index contributed by atoms with van der Waals surface area (Å²) < 4.78 is 1.75. The molecule has 0 radical (unpaired) electrons. The van der Waals surface area contributed by atoms with E-state index in [9.17, 15) is 4.79 Å². The van der Waals surface area contributed by atoms with E-state index >= 15 is 0 Å². The summed E-state index contributed by atoms with van der Waals surface area (Å²) in [5, 5.41) is 6.22. The Bertz CT molecular complexity index is 551. The first kappa shape index (κ1) is 11.1. The molecule has 0 atom stereocenters. The maximum absolute atomic E-state index is 12.3. The number of carbonyl (C=O) groups is 1. The maximum Gasteiger partial charge on any atom is 0.197 e. The number of hydrogen-bond donors (Lipinski definition) is 0. The minimum absolute atomic E-state index is 0.0850. The molecule has 2 rings (SSSR count). The predicted octanol–water partition coefficient (Wildman–Crippen LogP) is 2.64. The van der Waals surface area contributed by atoms with Crippen LogP contribution in [0.5, 0.6) is 0 Å². The molecule has 0 fully saturated rings. The van der Waals surface area contributed by atoms with Gasteiger partial charge in [-0.2, -0.15) is 5.10 Å². The number of hydrogen-bond acceptors (Lipinski definition) is 3. The van der Waals surface area contributed by atoms with Gasteiger partial charge >= 0.3 is 0 Å². The van der Waals surface area contributed by atoms with Crippen molar-refractivity contribution >= 4 is 17.1 Å². The average Bonchev–Trinajstić information content (AvgIpc) is 2.73. The van der Waals surface area contributed by atoms with E-state index in [4.69, 9.17) is 0 Å². The monoisotopic (exact) mass is 234 g/mol. The van der Waals surface area contributed by atoms with Crippen molar-refractivity contribution < 1.29 is 4.79 Å². The molecule has 0 spiro atoms. The van der Waals surface area contributed by atoms with Crippen molar-refractivity contribution in [1.82, 2.24) is 9.78 Å². The largest absolute Gasteiger partial charge is 0.288 e. The van der Waals surface area contributed by atoms with Crippen LogP contribution in [-0.4, -0.2) is 15.6 Å². The first-order valence-corrected chi connectivity index (χ1v) is 5.99. The molecule has 0 amide bonds. The van der Waals surface area contributed by atoms with Crippen LogP contribution in [0.1, 0.15) is 32.2 Å². The average molecular weight is 234 g/mol. The fourth-order valence-electron chi connectivity index (χ4n) is 1.86. The number of nitrogens with zero attached hydrogens (tertiary/aromatic N) is 2. The molecule has 0 aliphatic carbocycles. The van der Waals surface area contributed by atoms with Crippen molar-refractivity contribution in [1.29, 1.82) is 0 Å². The molecular formula is C12H14N2OS. The standard InChI is InChI=1S/C12H14N2OS/c1-7-11(8(2)14(4)13-7)12(15)10-5-6-16-9(10)3/h5-6H,1-4H3. The van der Waals surface area contributed by atoms with Crippen LogP contribution in [0.15, 0.2) is 11.4 Å². The van der Waals surface area contributed by atoms with Gasteiger partial charge in [-0.25, -0.2) is 0 Å². The second-order valence-corrected chi connectivity index (χ2v) is 5.01. The summed E-state index contributed by atoms with van der Waals surface area (Å²) in [7, 11) is 1.86. The zero-order valence-electron chi connectivity index (χ0n) is 9.87. The molecule has 16 heavy (non-hydrogen) atoms. The van der Waals surface area contributed by atoms with E-state index < -0.39 is 0 Å². The first-order valence-electron chi connectivity index (χ1n) is 5.11. The third kappa shape index (κ3) is 1.59. The lowest BCUT2D eigenvalue weighted by Crippen LogP contribution is -2.04. The fraction of sp³-hybridized carbons (Fsp3) is 0.333. The summed E-state index contributed by atoms with van der Waals surface area (Å²) >= 11 is 1.60. The van der Waals surface area contributed by atoms with Gasteiger partial charge in [0.2, 0.25) is 0 Å². The molecule has 0 unspecified atom stereocenters. The predicted molar refractivity (Wildman–Crippen MR) is 65.2 cm³/mol. The Labute approximate surface area is 98.7 Å². The van der Waals surface area contributed by atoms with Crippen LogP contribution in [0.25, 0.3) is 0 Å². The highest BCUT2D eigenvalue weighted by molar-refractivity contribution is 7.10. The zero-order valence-corrected chi connectivity index (χ0v) is 10.7. The molecule has 0 bridgehead atoms. The van der Waals surface area contributed by atoms with E-state index in [2.05, 4.69) is 5.10 Å². The van der Waals surface area contributed by atoms with E-state index in [1.165, 1.54) is 0 Å². The normalized spacial score (nSPS) is 10.8. The van der Waals surface area contributed by atoms with Crippen LogP contribution >= 0.6 is 11.3 Å². The fourth-order valence-corrected chi connectivity index (χ4v) is 2.55. The number of ketones is 1. The first-order chi connectivity index (χ1) is 7.52. The van der Waals surface area contributed by atoms with Crippen LogP contribution in [0.4, 0.5) is 0 Å². The van der Waals surface area contributed by atoms with E-state index in [0.29, 0.717) is 0 Å². The van der Waals surface area contributed by atoms with Crippen molar-refractivity contribution in [3.63, 3.8) is 0 Å². The van der Waals surface area contributed by atoms with Gasteiger partial charge in [0.05, 0.1) is 11.3 Å².